The molecule has 1 aromatic carbocycles. The summed E-state index contributed by atoms with van der Waals surface area (Å²) in [6, 6.07) is 6.66. The van der Waals surface area contributed by atoms with Gasteiger partial charge in [-0.05, 0) is 36.8 Å². The van der Waals surface area contributed by atoms with E-state index >= 15 is 0 Å². The Morgan fingerprint density at radius 2 is 2.30 bits per heavy atom. The summed E-state index contributed by atoms with van der Waals surface area (Å²) < 4.78 is 1.84. The van der Waals surface area contributed by atoms with Gasteiger partial charge in [0.15, 0.2) is 5.96 Å². The standard InChI is InChI=1S/C19H26N6O2/c1-3-20-19(21-11-15-5-4-6-18(10-15)25(26)27)24-8-7-16(14-24)9-17-12-22-23(2)13-17/h4-6,10,12-13,16H,3,7-9,11,14H2,1-2H3,(H,20,21). The largest absolute Gasteiger partial charge is 0.357 e. The van der Waals surface area contributed by atoms with Crippen LogP contribution in [0.4, 0.5) is 5.69 Å². The number of rotatable bonds is 6. The van der Waals surface area contributed by atoms with E-state index in [1.54, 1.807) is 12.1 Å². The fourth-order valence-corrected chi connectivity index (χ4v) is 3.46. The number of nitro benzene ring substituents is 1. The third-order valence-electron chi connectivity index (χ3n) is 4.74. The summed E-state index contributed by atoms with van der Waals surface area (Å²) >= 11 is 0. The van der Waals surface area contributed by atoms with Crippen molar-refractivity contribution in [1.82, 2.24) is 20.0 Å². The molecule has 1 atom stereocenters. The van der Waals surface area contributed by atoms with E-state index < -0.39 is 0 Å². The number of nitrogens with one attached hydrogen (secondary N) is 1. The monoisotopic (exact) mass is 370 g/mol. The zero-order chi connectivity index (χ0) is 19.2. The minimum Gasteiger partial charge on any atom is -0.357 e. The van der Waals surface area contributed by atoms with Crippen molar-refractivity contribution in [2.24, 2.45) is 18.0 Å². The van der Waals surface area contributed by atoms with Gasteiger partial charge in [-0.2, -0.15) is 5.10 Å². The Labute approximate surface area is 159 Å². The lowest BCUT2D eigenvalue weighted by Crippen LogP contribution is -2.40. The van der Waals surface area contributed by atoms with Crippen molar-refractivity contribution >= 4 is 11.6 Å². The van der Waals surface area contributed by atoms with Crippen LogP contribution in [-0.4, -0.2) is 45.2 Å². The Balaban J connectivity index is 1.63. The average molecular weight is 370 g/mol. The van der Waals surface area contributed by atoms with Gasteiger partial charge in [-0.3, -0.25) is 14.8 Å². The van der Waals surface area contributed by atoms with Crippen LogP contribution >= 0.6 is 0 Å². The van der Waals surface area contributed by atoms with Crippen molar-refractivity contribution in [3.05, 3.63) is 57.9 Å². The summed E-state index contributed by atoms with van der Waals surface area (Å²) in [5.41, 5.74) is 2.21. The van der Waals surface area contributed by atoms with Crippen molar-refractivity contribution in [2.45, 2.75) is 26.3 Å². The van der Waals surface area contributed by atoms with E-state index in [0.717, 1.165) is 44.0 Å². The molecule has 144 valence electrons. The number of benzene rings is 1. The second kappa shape index (κ2) is 8.66. The molecule has 1 aliphatic rings. The first-order valence-corrected chi connectivity index (χ1v) is 9.29. The number of likely N-dealkylation sites (tertiary alicyclic amines) is 1. The average Bonchev–Trinajstić information content (AvgIpc) is 3.28. The zero-order valence-electron chi connectivity index (χ0n) is 15.8. The molecule has 8 nitrogen and oxygen atoms in total. The fourth-order valence-electron chi connectivity index (χ4n) is 3.46. The quantitative estimate of drug-likeness (QED) is 0.365. The highest BCUT2D eigenvalue weighted by Crippen LogP contribution is 2.21. The number of aromatic nitrogens is 2. The molecule has 0 aliphatic carbocycles. The number of nitrogens with zero attached hydrogens (tertiary/aromatic N) is 5. The highest BCUT2D eigenvalue weighted by Gasteiger charge is 2.25. The van der Waals surface area contributed by atoms with E-state index in [9.17, 15) is 10.1 Å². The number of non-ortho nitro benzene ring substituents is 1. The molecule has 0 spiro atoms. The molecule has 1 aliphatic heterocycles. The summed E-state index contributed by atoms with van der Waals surface area (Å²) in [4.78, 5) is 17.5. The van der Waals surface area contributed by atoms with Gasteiger partial charge in [0.05, 0.1) is 17.7 Å². The van der Waals surface area contributed by atoms with Gasteiger partial charge < -0.3 is 10.2 Å². The van der Waals surface area contributed by atoms with Gasteiger partial charge in [0.1, 0.15) is 0 Å². The minimum atomic E-state index is -0.373. The second-order valence-electron chi connectivity index (χ2n) is 6.92. The Hall–Kier alpha value is -2.90. The lowest BCUT2D eigenvalue weighted by molar-refractivity contribution is -0.384. The highest BCUT2D eigenvalue weighted by molar-refractivity contribution is 5.80. The van der Waals surface area contributed by atoms with E-state index in [2.05, 4.69) is 21.5 Å². The summed E-state index contributed by atoms with van der Waals surface area (Å²) in [5, 5.41) is 18.5. The predicted octanol–water partition coefficient (Wildman–Crippen LogP) is 2.36. The first-order chi connectivity index (χ1) is 13.0. The topological polar surface area (TPSA) is 88.6 Å². The molecule has 0 radical (unpaired) electrons. The smallest absolute Gasteiger partial charge is 0.269 e. The molecule has 0 amide bonds. The van der Waals surface area contributed by atoms with Gasteiger partial charge in [-0.25, -0.2) is 4.99 Å². The van der Waals surface area contributed by atoms with Crippen LogP contribution in [0.1, 0.15) is 24.5 Å². The summed E-state index contributed by atoms with van der Waals surface area (Å²) in [6.07, 6.45) is 6.15. The molecule has 8 heteroatoms. The van der Waals surface area contributed by atoms with E-state index in [1.165, 1.54) is 11.6 Å². The van der Waals surface area contributed by atoms with Crippen LogP contribution in [0, 0.1) is 16.0 Å². The molecule has 2 heterocycles. The Morgan fingerprint density at radius 3 is 3.00 bits per heavy atom. The molecule has 2 aromatic rings. The summed E-state index contributed by atoms with van der Waals surface area (Å²) in [7, 11) is 1.94. The first kappa shape index (κ1) is 18.9. The molecule has 3 rings (SSSR count). The molecule has 1 aromatic heterocycles. The van der Waals surface area contributed by atoms with Gasteiger partial charge in [-0.15, -0.1) is 0 Å². The van der Waals surface area contributed by atoms with Crippen LogP contribution < -0.4 is 5.32 Å². The van der Waals surface area contributed by atoms with Crippen LogP contribution in [-0.2, 0) is 20.0 Å². The van der Waals surface area contributed by atoms with Crippen molar-refractivity contribution in [2.75, 3.05) is 19.6 Å². The molecule has 1 unspecified atom stereocenters. The normalized spacial score (nSPS) is 17.3. The Bertz CT molecular complexity index is 816. The van der Waals surface area contributed by atoms with Crippen LogP contribution in [0.5, 0.6) is 0 Å². The molecular formula is C19H26N6O2. The van der Waals surface area contributed by atoms with Gasteiger partial charge in [0.25, 0.3) is 5.69 Å². The highest BCUT2D eigenvalue weighted by atomic mass is 16.6. The number of aliphatic imine (C=N–C) groups is 1. The molecule has 1 fully saturated rings. The maximum absolute atomic E-state index is 10.9. The maximum atomic E-state index is 10.9. The Kier molecular flexibility index (Phi) is 6.05. The van der Waals surface area contributed by atoms with Crippen molar-refractivity contribution < 1.29 is 4.92 Å². The van der Waals surface area contributed by atoms with Gasteiger partial charge in [0, 0.05) is 45.0 Å². The lowest BCUT2D eigenvalue weighted by atomic mass is 10.0. The fraction of sp³-hybridized carbons (Fsp3) is 0.474. The molecule has 0 bridgehead atoms. The number of guanidine groups is 1. The lowest BCUT2D eigenvalue weighted by Gasteiger charge is -2.21. The maximum Gasteiger partial charge on any atom is 0.269 e. The van der Waals surface area contributed by atoms with E-state index in [-0.39, 0.29) is 10.6 Å². The molecular weight excluding hydrogens is 344 g/mol. The van der Waals surface area contributed by atoms with Crippen LogP contribution in [0.3, 0.4) is 0 Å². The number of nitro groups is 1. The number of hydrogen-bond acceptors (Lipinski definition) is 4. The minimum absolute atomic E-state index is 0.102. The van der Waals surface area contributed by atoms with Gasteiger partial charge >= 0.3 is 0 Å². The van der Waals surface area contributed by atoms with Crippen molar-refractivity contribution in [1.29, 1.82) is 0 Å². The number of hydrogen-bond donors (Lipinski definition) is 1. The van der Waals surface area contributed by atoms with E-state index in [0.29, 0.717) is 12.5 Å². The van der Waals surface area contributed by atoms with Crippen molar-refractivity contribution in [3.8, 4) is 0 Å². The van der Waals surface area contributed by atoms with Crippen LogP contribution in [0.15, 0.2) is 41.7 Å². The molecule has 27 heavy (non-hydrogen) atoms. The van der Waals surface area contributed by atoms with Crippen molar-refractivity contribution in [3.63, 3.8) is 0 Å². The first-order valence-electron chi connectivity index (χ1n) is 9.29. The van der Waals surface area contributed by atoms with Gasteiger partial charge in [0.2, 0.25) is 0 Å². The summed E-state index contributed by atoms with van der Waals surface area (Å²) in [6.45, 7) is 5.18. The van der Waals surface area contributed by atoms with E-state index in [1.807, 2.05) is 30.9 Å². The Morgan fingerprint density at radius 1 is 1.44 bits per heavy atom. The number of aryl methyl sites for hydroxylation is 1. The molecule has 0 saturated carbocycles. The van der Waals surface area contributed by atoms with Crippen LogP contribution in [0.25, 0.3) is 0 Å². The third-order valence-corrected chi connectivity index (χ3v) is 4.74. The summed E-state index contributed by atoms with van der Waals surface area (Å²) in [5.74, 6) is 1.45. The molecule has 1 N–H and O–H groups in total. The van der Waals surface area contributed by atoms with E-state index in [4.69, 9.17) is 4.99 Å². The van der Waals surface area contributed by atoms with Crippen LogP contribution in [0.2, 0.25) is 0 Å². The predicted molar refractivity (Wildman–Crippen MR) is 105 cm³/mol. The molecule has 1 saturated heterocycles. The third kappa shape index (κ3) is 5.06. The zero-order valence-corrected chi connectivity index (χ0v) is 15.8. The SMILES string of the molecule is CCNC(=NCc1cccc([N+](=O)[O-])c1)N1CCC(Cc2cnn(C)c2)C1. The van der Waals surface area contributed by atoms with Gasteiger partial charge in [-0.1, -0.05) is 12.1 Å². The second-order valence-corrected chi connectivity index (χ2v) is 6.92.